The Bertz CT molecular complexity index is 453. The van der Waals surface area contributed by atoms with Crippen LogP contribution in [0.2, 0.25) is 5.02 Å². The molecule has 1 fully saturated rings. The van der Waals surface area contributed by atoms with Crippen LogP contribution in [0.3, 0.4) is 0 Å². The van der Waals surface area contributed by atoms with Crippen LogP contribution in [0.1, 0.15) is 18.4 Å². The average molecular weight is 272 g/mol. The maximum Gasteiger partial charge on any atom is 0.165 e. The third-order valence-electron chi connectivity index (χ3n) is 3.09. The number of hydrogen-bond acceptors (Lipinski definition) is 3. The molecule has 2 N–H and O–H groups in total. The molecule has 3 nitrogen and oxygen atoms in total. The van der Waals surface area contributed by atoms with Gasteiger partial charge in [-0.25, -0.2) is 4.39 Å². The molecule has 0 bridgehead atoms. The highest BCUT2D eigenvalue weighted by atomic mass is 35.5. The number of Topliss-reactive ketones (excluding diaryl/α,β-unsaturated/α-hetero) is 1. The molecular formula is C13H15ClFNO2. The highest BCUT2D eigenvalue weighted by Crippen LogP contribution is 2.22. The third kappa shape index (κ3) is 3.07. The van der Waals surface area contributed by atoms with E-state index in [9.17, 15) is 9.18 Å². The number of ketones is 1. The van der Waals surface area contributed by atoms with Gasteiger partial charge in [0.1, 0.15) is 11.9 Å². The lowest BCUT2D eigenvalue weighted by Crippen LogP contribution is -2.26. The van der Waals surface area contributed by atoms with E-state index in [2.05, 4.69) is 0 Å². The highest BCUT2D eigenvalue weighted by molar-refractivity contribution is 6.30. The monoisotopic (exact) mass is 271 g/mol. The average Bonchev–Trinajstić information content (AvgIpc) is 2.82. The first-order chi connectivity index (χ1) is 8.60. The molecule has 2 rings (SSSR count). The number of carbonyl (C=O) groups excluding carboxylic acids is 1. The lowest BCUT2D eigenvalue weighted by atomic mass is 10.0. The summed E-state index contributed by atoms with van der Waals surface area (Å²) in [6.07, 6.45) is 1.33. The van der Waals surface area contributed by atoms with Gasteiger partial charge in [0, 0.05) is 13.0 Å². The molecular weight excluding hydrogens is 257 g/mol. The molecule has 0 aliphatic carbocycles. The first-order valence-electron chi connectivity index (χ1n) is 5.92. The van der Waals surface area contributed by atoms with Crippen LogP contribution in [0, 0.1) is 5.82 Å². The van der Waals surface area contributed by atoms with Crippen LogP contribution in [0.25, 0.3) is 0 Å². The van der Waals surface area contributed by atoms with Crippen molar-refractivity contribution in [3.63, 3.8) is 0 Å². The Kier molecular flexibility index (Phi) is 4.32. The van der Waals surface area contributed by atoms with E-state index in [1.807, 2.05) is 0 Å². The van der Waals surface area contributed by atoms with Crippen LogP contribution in [0.4, 0.5) is 4.39 Å². The lowest BCUT2D eigenvalue weighted by Gasteiger charge is -2.11. The van der Waals surface area contributed by atoms with Crippen LogP contribution < -0.4 is 5.73 Å². The molecule has 0 aromatic heterocycles. The Balaban J connectivity index is 1.97. The maximum absolute atomic E-state index is 13.0. The number of halogens is 2. The fraction of sp³-hybridized carbons (Fsp3) is 0.462. The molecule has 1 aromatic rings. The van der Waals surface area contributed by atoms with Gasteiger partial charge in [0.05, 0.1) is 11.1 Å². The van der Waals surface area contributed by atoms with Gasteiger partial charge in [-0.3, -0.25) is 4.79 Å². The second-order valence-corrected chi connectivity index (χ2v) is 4.86. The Labute approximate surface area is 110 Å². The summed E-state index contributed by atoms with van der Waals surface area (Å²) in [6.45, 7) is 0.437. The Morgan fingerprint density at radius 2 is 2.28 bits per heavy atom. The van der Waals surface area contributed by atoms with E-state index in [0.29, 0.717) is 18.5 Å². The summed E-state index contributed by atoms with van der Waals surface area (Å²) in [4.78, 5) is 12.0. The van der Waals surface area contributed by atoms with Crippen molar-refractivity contribution in [3.8, 4) is 0 Å². The summed E-state index contributed by atoms with van der Waals surface area (Å²) < 4.78 is 18.5. The zero-order valence-electron chi connectivity index (χ0n) is 9.86. The molecule has 0 amide bonds. The summed E-state index contributed by atoms with van der Waals surface area (Å²) in [5, 5.41) is 0.0347. The van der Waals surface area contributed by atoms with E-state index >= 15 is 0 Å². The molecule has 1 saturated heterocycles. The van der Waals surface area contributed by atoms with Crippen molar-refractivity contribution in [1.82, 2.24) is 0 Å². The van der Waals surface area contributed by atoms with Crippen LogP contribution in [-0.4, -0.2) is 24.5 Å². The number of hydrogen-bond donors (Lipinski definition) is 1. The quantitative estimate of drug-likeness (QED) is 0.912. The fourth-order valence-corrected chi connectivity index (χ4v) is 2.28. The van der Waals surface area contributed by atoms with Gasteiger partial charge < -0.3 is 10.5 Å². The minimum atomic E-state index is -0.479. The van der Waals surface area contributed by atoms with E-state index in [-0.39, 0.29) is 29.4 Å². The Hall–Kier alpha value is -0.970. The molecule has 0 radical (unpaired) electrons. The van der Waals surface area contributed by atoms with Crippen molar-refractivity contribution >= 4 is 17.4 Å². The molecule has 1 aliphatic rings. The second kappa shape index (κ2) is 5.78. The van der Waals surface area contributed by atoms with E-state index in [1.54, 1.807) is 6.07 Å². The molecule has 0 saturated carbocycles. The maximum atomic E-state index is 13.0. The summed E-state index contributed by atoms with van der Waals surface area (Å²) in [5.74, 6) is -0.484. The van der Waals surface area contributed by atoms with Gasteiger partial charge in [0.25, 0.3) is 0 Å². The number of benzene rings is 1. The van der Waals surface area contributed by atoms with Gasteiger partial charge in [-0.1, -0.05) is 17.7 Å². The van der Waals surface area contributed by atoms with Crippen molar-refractivity contribution in [3.05, 3.63) is 34.6 Å². The molecule has 1 heterocycles. The molecule has 2 unspecified atom stereocenters. The summed E-state index contributed by atoms with van der Waals surface area (Å²) in [7, 11) is 0. The number of ether oxygens (including phenoxy) is 1. The summed E-state index contributed by atoms with van der Waals surface area (Å²) in [5.41, 5.74) is 6.19. The van der Waals surface area contributed by atoms with Gasteiger partial charge in [-0.15, -0.1) is 0 Å². The number of nitrogens with two attached hydrogens (primary N) is 1. The molecule has 98 valence electrons. The molecule has 5 heteroatoms. The Morgan fingerprint density at radius 3 is 2.89 bits per heavy atom. The van der Waals surface area contributed by atoms with Crippen LogP contribution in [0.15, 0.2) is 18.2 Å². The van der Waals surface area contributed by atoms with Crippen molar-refractivity contribution in [2.45, 2.75) is 31.5 Å². The van der Waals surface area contributed by atoms with Crippen molar-refractivity contribution in [2.24, 2.45) is 5.73 Å². The van der Waals surface area contributed by atoms with Crippen LogP contribution >= 0.6 is 11.6 Å². The summed E-state index contributed by atoms with van der Waals surface area (Å²) >= 11 is 5.67. The molecule has 18 heavy (non-hydrogen) atoms. The smallest absolute Gasteiger partial charge is 0.165 e. The van der Waals surface area contributed by atoms with Gasteiger partial charge in [0.15, 0.2) is 5.78 Å². The van der Waals surface area contributed by atoms with Gasteiger partial charge >= 0.3 is 0 Å². The minimum Gasteiger partial charge on any atom is -0.366 e. The second-order valence-electron chi connectivity index (χ2n) is 4.45. The number of rotatable bonds is 4. The normalized spacial score (nSPS) is 23.3. The highest BCUT2D eigenvalue weighted by Gasteiger charge is 2.29. The SMILES string of the molecule is NCC1CCC(C(=O)Cc2ccc(F)c(Cl)c2)O1. The van der Waals surface area contributed by atoms with E-state index in [4.69, 9.17) is 22.1 Å². The van der Waals surface area contributed by atoms with Gasteiger partial charge in [0.2, 0.25) is 0 Å². The van der Waals surface area contributed by atoms with E-state index in [1.165, 1.54) is 12.1 Å². The molecule has 0 spiro atoms. The zero-order valence-corrected chi connectivity index (χ0v) is 10.6. The largest absolute Gasteiger partial charge is 0.366 e. The fourth-order valence-electron chi connectivity index (χ4n) is 2.08. The number of carbonyl (C=O) groups is 1. The van der Waals surface area contributed by atoms with Crippen molar-refractivity contribution in [2.75, 3.05) is 6.54 Å². The molecule has 2 atom stereocenters. The zero-order chi connectivity index (χ0) is 13.1. The van der Waals surface area contributed by atoms with E-state index < -0.39 is 5.82 Å². The van der Waals surface area contributed by atoms with Crippen LogP contribution in [-0.2, 0) is 16.0 Å². The first kappa shape index (κ1) is 13.5. The van der Waals surface area contributed by atoms with Gasteiger partial charge in [-0.05, 0) is 30.5 Å². The van der Waals surface area contributed by atoms with Crippen molar-refractivity contribution in [1.29, 1.82) is 0 Å². The molecule has 1 aromatic carbocycles. The van der Waals surface area contributed by atoms with Gasteiger partial charge in [-0.2, -0.15) is 0 Å². The summed E-state index contributed by atoms with van der Waals surface area (Å²) in [6, 6.07) is 4.31. The first-order valence-corrected chi connectivity index (χ1v) is 6.30. The molecule has 1 aliphatic heterocycles. The topological polar surface area (TPSA) is 52.3 Å². The predicted molar refractivity (Wildman–Crippen MR) is 67.1 cm³/mol. The third-order valence-corrected chi connectivity index (χ3v) is 3.38. The van der Waals surface area contributed by atoms with Crippen molar-refractivity contribution < 1.29 is 13.9 Å². The Morgan fingerprint density at radius 1 is 1.50 bits per heavy atom. The lowest BCUT2D eigenvalue weighted by molar-refractivity contribution is -0.128. The standard InChI is InChI=1S/C13H15ClFNO2/c14-10-5-8(1-3-11(10)15)6-12(17)13-4-2-9(7-16)18-13/h1,3,5,9,13H,2,4,6-7,16H2. The minimum absolute atomic E-state index is 0.00590. The van der Waals surface area contributed by atoms with Crippen LogP contribution in [0.5, 0.6) is 0 Å². The van der Waals surface area contributed by atoms with E-state index in [0.717, 1.165) is 6.42 Å². The predicted octanol–water partition coefficient (Wildman–Crippen LogP) is 2.10.